The van der Waals surface area contributed by atoms with Gasteiger partial charge in [0.15, 0.2) is 0 Å². The van der Waals surface area contributed by atoms with Gasteiger partial charge >= 0.3 is 0 Å². The number of hydrogen-bond acceptors (Lipinski definition) is 1. The molecule has 2 nitrogen and oxygen atoms in total. The van der Waals surface area contributed by atoms with Gasteiger partial charge in [0.1, 0.15) is 0 Å². The predicted octanol–water partition coefficient (Wildman–Crippen LogP) is 4.84. The molecule has 100 valence electrons. The zero-order chi connectivity index (χ0) is 13.7. The molecule has 0 aliphatic heterocycles. The summed E-state index contributed by atoms with van der Waals surface area (Å²) in [5.74, 6) is 1.01. The van der Waals surface area contributed by atoms with Gasteiger partial charge in [0.2, 0.25) is 5.91 Å². The summed E-state index contributed by atoms with van der Waals surface area (Å²) in [7, 11) is 0. The number of carbonyl (C=O) groups is 1. The van der Waals surface area contributed by atoms with E-state index < -0.39 is 0 Å². The monoisotopic (exact) mass is 267 g/mol. The number of rotatable bonds is 5. The summed E-state index contributed by atoms with van der Waals surface area (Å²) in [6, 6.07) is 5.81. The van der Waals surface area contributed by atoms with Gasteiger partial charge < -0.3 is 5.32 Å². The Morgan fingerprint density at radius 3 is 2.44 bits per heavy atom. The van der Waals surface area contributed by atoms with Crippen LogP contribution < -0.4 is 5.32 Å². The molecule has 0 saturated carbocycles. The van der Waals surface area contributed by atoms with E-state index in [9.17, 15) is 4.79 Å². The first-order valence-electron chi connectivity index (χ1n) is 6.49. The zero-order valence-electron chi connectivity index (χ0n) is 11.6. The molecule has 0 spiro atoms. The van der Waals surface area contributed by atoms with Crippen LogP contribution in [-0.2, 0) is 4.79 Å². The van der Waals surface area contributed by atoms with Gasteiger partial charge in [0.05, 0.1) is 10.7 Å². The average molecular weight is 268 g/mol. The molecule has 1 amide bonds. The number of carbonyl (C=O) groups excluding carboxylic acids is 1. The van der Waals surface area contributed by atoms with Crippen LogP contribution in [-0.4, -0.2) is 5.91 Å². The highest BCUT2D eigenvalue weighted by atomic mass is 35.5. The average Bonchev–Trinajstić information content (AvgIpc) is 2.29. The van der Waals surface area contributed by atoms with Crippen molar-refractivity contribution in [3.63, 3.8) is 0 Å². The molecule has 0 aliphatic carbocycles. The number of nitrogens with one attached hydrogen (secondary N) is 1. The van der Waals surface area contributed by atoms with Gasteiger partial charge in [-0.05, 0) is 36.0 Å². The van der Waals surface area contributed by atoms with Gasteiger partial charge in [-0.1, -0.05) is 45.4 Å². The van der Waals surface area contributed by atoms with Crippen LogP contribution in [0.25, 0.3) is 0 Å². The van der Waals surface area contributed by atoms with Crippen LogP contribution in [0.5, 0.6) is 0 Å². The van der Waals surface area contributed by atoms with E-state index in [1.54, 1.807) is 0 Å². The Labute approximate surface area is 115 Å². The van der Waals surface area contributed by atoms with E-state index in [2.05, 4.69) is 33.0 Å². The van der Waals surface area contributed by atoms with Crippen LogP contribution in [0.3, 0.4) is 0 Å². The highest BCUT2D eigenvalue weighted by molar-refractivity contribution is 6.33. The van der Waals surface area contributed by atoms with E-state index in [1.165, 1.54) is 5.56 Å². The summed E-state index contributed by atoms with van der Waals surface area (Å²) in [6.45, 7) is 8.45. The maximum atomic E-state index is 11.7. The second-order valence-corrected chi connectivity index (χ2v) is 5.78. The summed E-state index contributed by atoms with van der Waals surface area (Å²) in [4.78, 5) is 11.7. The molecule has 0 aromatic heterocycles. The molecule has 0 unspecified atom stereocenters. The zero-order valence-corrected chi connectivity index (χ0v) is 12.3. The van der Waals surface area contributed by atoms with Crippen molar-refractivity contribution in [3.05, 3.63) is 28.8 Å². The van der Waals surface area contributed by atoms with Gasteiger partial charge in [0, 0.05) is 6.42 Å². The highest BCUT2D eigenvalue weighted by Gasteiger charge is 2.08. The van der Waals surface area contributed by atoms with Crippen molar-refractivity contribution in [3.8, 4) is 0 Å². The molecule has 3 heteroatoms. The van der Waals surface area contributed by atoms with Crippen LogP contribution >= 0.6 is 11.6 Å². The second-order valence-electron chi connectivity index (χ2n) is 5.37. The van der Waals surface area contributed by atoms with Gasteiger partial charge in [-0.25, -0.2) is 0 Å². The van der Waals surface area contributed by atoms with E-state index in [1.807, 2.05) is 18.2 Å². The van der Waals surface area contributed by atoms with Gasteiger partial charge in [-0.15, -0.1) is 0 Å². The molecule has 0 radical (unpaired) electrons. The quantitative estimate of drug-likeness (QED) is 0.813. The topological polar surface area (TPSA) is 29.1 Å². The van der Waals surface area contributed by atoms with E-state index in [-0.39, 0.29) is 5.91 Å². The molecule has 1 aromatic carbocycles. The van der Waals surface area contributed by atoms with Gasteiger partial charge in [-0.2, -0.15) is 0 Å². The maximum absolute atomic E-state index is 11.7. The predicted molar refractivity (Wildman–Crippen MR) is 78.2 cm³/mol. The Hall–Kier alpha value is -1.02. The number of halogens is 1. The molecule has 0 atom stereocenters. The Balaban J connectivity index is 2.65. The lowest BCUT2D eigenvalue weighted by atomic mass is 10.0. The molecule has 18 heavy (non-hydrogen) atoms. The van der Waals surface area contributed by atoms with Crippen LogP contribution in [0.2, 0.25) is 5.02 Å². The van der Waals surface area contributed by atoms with E-state index in [0.29, 0.717) is 29.0 Å². The lowest BCUT2D eigenvalue weighted by molar-refractivity contribution is -0.116. The number of benzene rings is 1. The Bertz CT molecular complexity index is 413. The summed E-state index contributed by atoms with van der Waals surface area (Å²) < 4.78 is 0. The van der Waals surface area contributed by atoms with Crippen molar-refractivity contribution in [2.45, 2.75) is 46.5 Å². The minimum Gasteiger partial charge on any atom is -0.325 e. The van der Waals surface area contributed by atoms with Crippen molar-refractivity contribution in [2.75, 3.05) is 5.32 Å². The molecule has 0 heterocycles. The van der Waals surface area contributed by atoms with Crippen LogP contribution in [0.1, 0.15) is 52.0 Å². The first-order valence-corrected chi connectivity index (χ1v) is 6.87. The number of amides is 1. The first-order chi connectivity index (χ1) is 8.40. The number of hydrogen-bond donors (Lipinski definition) is 1. The van der Waals surface area contributed by atoms with Crippen molar-refractivity contribution < 1.29 is 4.79 Å². The standard InChI is InChI=1S/C15H22ClNO/c1-10(2)5-8-15(18)17-14-7-6-12(11(3)4)9-13(14)16/h6-7,9-11H,5,8H2,1-4H3,(H,17,18). The largest absolute Gasteiger partial charge is 0.325 e. The van der Waals surface area contributed by atoms with Crippen LogP contribution in [0.15, 0.2) is 18.2 Å². The molecule has 0 fully saturated rings. The molecule has 0 saturated heterocycles. The van der Waals surface area contributed by atoms with E-state index in [4.69, 9.17) is 11.6 Å². The molecular weight excluding hydrogens is 246 g/mol. The van der Waals surface area contributed by atoms with Crippen LogP contribution in [0, 0.1) is 5.92 Å². The summed E-state index contributed by atoms with van der Waals surface area (Å²) >= 11 is 6.17. The fourth-order valence-electron chi connectivity index (χ4n) is 1.62. The minimum atomic E-state index is 0.0305. The Kier molecular flexibility index (Phi) is 5.67. The molecule has 1 aromatic rings. The molecule has 0 bridgehead atoms. The smallest absolute Gasteiger partial charge is 0.224 e. The van der Waals surface area contributed by atoms with Crippen molar-refractivity contribution in [1.82, 2.24) is 0 Å². The highest BCUT2D eigenvalue weighted by Crippen LogP contribution is 2.26. The minimum absolute atomic E-state index is 0.0305. The third-order valence-corrected chi connectivity index (χ3v) is 3.20. The number of anilines is 1. The summed E-state index contributed by atoms with van der Waals surface area (Å²) in [6.07, 6.45) is 1.44. The lowest BCUT2D eigenvalue weighted by Crippen LogP contribution is -2.12. The van der Waals surface area contributed by atoms with Crippen LogP contribution in [0.4, 0.5) is 5.69 Å². The Morgan fingerprint density at radius 2 is 1.94 bits per heavy atom. The molecule has 1 N–H and O–H groups in total. The van der Waals surface area contributed by atoms with E-state index in [0.717, 1.165) is 6.42 Å². The summed E-state index contributed by atoms with van der Waals surface area (Å²) in [5.41, 5.74) is 1.88. The van der Waals surface area contributed by atoms with E-state index >= 15 is 0 Å². The Morgan fingerprint density at radius 1 is 1.28 bits per heavy atom. The summed E-state index contributed by atoms with van der Waals surface area (Å²) in [5, 5.41) is 3.47. The SMILES string of the molecule is CC(C)CCC(=O)Nc1ccc(C(C)C)cc1Cl. The van der Waals surface area contributed by atoms with Crippen molar-refractivity contribution >= 4 is 23.2 Å². The second kappa shape index (κ2) is 6.79. The van der Waals surface area contributed by atoms with Crippen molar-refractivity contribution in [1.29, 1.82) is 0 Å². The fraction of sp³-hybridized carbons (Fsp3) is 0.533. The third kappa shape index (κ3) is 4.69. The maximum Gasteiger partial charge on any atom is 0.224 e. The van der Waals surface area contributed by atoms with Gasteiger partial charge in [0.25, 0.3) is 0 Å². The van der Waals surface area contributed by atoms with Crippen molar-refractivity contribution in [2.24, 2.45) is 5.92 Å². The first kappa shape index (κ1) is 15.0. The molecule has 0 aliphatic rings. The third-order valence-electron chi connectivity index (χ3n) is 2.88. The normalized spacial score (nSPS) is 11.1. The van der Waals surface area contributed by atoms with Gasteiger partial charge in [-0.3, -0.25) is 4.79 Å². The fourth-order valence-corrected chi connectivity index (χ4v) is 1.86. The lowest BCUT2D eigenvalue weighted by Gasteiger charge is -2.11. The molecular formula is C15H22ClNO. The molecule has 1 rings (SSSR count).